The largest absolute Gasteiger partial charge is 0.364 e. The van der Waals surface area contributed by atoms with E-state index in [4.69, 9.17) is 4.74 Å². The van der Waals surface area contributed by atoms with Crippen molar-refractivity contribution in [3.8, 4) is 0 Å². The van der Waals surface area contributed by atoms with Crippen molar-refractivity contribution in [1.82, 2.24) is 20.4 Å². The van der Waals surface area contributed by atoms with Crippen LogP contribution in [0.25, 0.3) is 0 Å². The molecule has 2 atom stereocenters. The molecule has 8 nitrogen and oxygen atoms in total. The van der Waals surface area contributed by atoms with Gasteiger partial charge in [0.15, 0.2) is 6.10 Å². The van der Waals surface area contributed by atoms with E-state index in [1.54, 1.807) is 25.3 Å². The van der Waals surface area contributed by atoms with Crippen LogP contribution in [0.5, 0.6) is 0 Å². The Hall–Kier alpha value is -2.98. The number of amides is 1. The summed E-state index contributed by atoms with van der Waals surface area (Å²) in [5.74, 6) is -0.736. The monoisotopic (exact) mass is 486 g/mol. The van der Waals surface area contributed by atoms with Gasteiger partial charge in [0.1, 0.15) is 5.82 Å². The smallest absolute Gasteiger partial charge is 0.259 e. The molecule has 0 aliphatic carbocycles. The van der Waals surface area contributed by atoms with Gasteiger partial charge in [-0.05, 0) is 62.4 Å². The zero-order valence-electron chi connectivity index (χ0n) is 19.5. The summed E-state index contributed by atoms with van der Waals surface area (Å²) >= 11 is 1.29. The minimum atomic E-state index is -0.854. The van der Waals surface area contributed by atoms with Gasteiger partial charge in [-0.2, -0.15) is 10.2 Å². The maximum atomic E-state index is 13.3. The number of hydrogen-bond acceptors (Lipinski definition) is 8. The summed E-state index contributed by atoms with van der Waals surface area (Å²) in [6.07, 6.45) is 6.92. The third-order valence-electron chi connectivity index (χ3n) is 5.23. The van der Waals surface area contributed by atoms with Crippen LogP contribution in [0.3, 0.4) is 0 Å². The fraction of sp³-hybridized carbons (Fsp3) is 0.458. The lowest BCUT2D eigenvalue weighted by Crippen LogP contribution is -2.23. The number of aryl methyl sites for hydroxylation is 1. The molecule has 3 aromatic rings. The number of hydrogen-bond donors (Lipinski definition) is 2. The summed E-state index contributed by atoms with van der Waals surface area (Å²) in [6, 6.07) is 9.89. The predicted molar refractivity (Wildman–Crippen MR) is 131 cm³/mol. The van der Waals surface area contributed by atoms with E-state index in [9.17, 15) is 9.18 Å². The molecule has 2 heterocycles. The molecule has 0 aliphatic heterocycles. The van der Waals surface area contributed by atoms with Crippen molar-refractivity contribution in [2.45, 2.75) is 64.5 Å². The molecule has 1 amide bonds. The molecule has 0 saturated heterocycles. The number of benzene rings is 1. The molecular formula is C24H31FN6O2S. The Morgan fingerprint density at radius 2 is 1.85 bits per heavy atom. The second-order valence-electron chi connectivity index (χ2n) is 7.88. The van der Waals surface area contributed by atoms with Gasteiger partial charge in [-0.15, -0.1) is 10.2 Å². The van der Waals surface area contributed by atoms with Gasteiger partial charge in [0.2, 0.25) is 10.3 Å². The number of aromatic nitrogens is 4. The lowest BCUT2D eigenvalue weighted by atomic mass is 10.0. The standard InChI is InChI=1S/C24H31FN6O2S/c1-3-8-19(9-5-6-10-20-11-7-16-26-29-20)27-23-30-31-24(34-23)28-22(32)21(33-4-2)17-12-14-18(25)15-13-17/h7,11-16,19,21H,3-6,8-10H2,1-2H3,(H,27,30)(H,28,31,32)/t19-,21+/m1/s1. The quantitative estimate of drug-likeness (QED) is 0.303. The molecule has 0 radical (unpaired) electrons. The first-order chi connectivity index (χ1) is 16.6. The van der Waals surface area contributed by atoms with E-state index in [0.717, 1.165) is 44.2 Å². The summed E-state index contributed by atoms with van der Waals surface area (Å²) in [5, 5.41) is 23.6. The number of halogens is 1. The van der Waals surface area contributed by atoms with Crippen LogP contribution >= 0.6 is 11.3 Å². The molecule has 0 saturated carbocycles. The molecule has 0 fully saturated rings. The molecule has 34 heavy (non-hydrogen) atoms. The Kier molecular flexibility index (Phi) is 10.3. The summed E-state index contributed by atoms with van der Waals surface area (Å²) in [5.41, 5.74) is 1.59. The van der Waals surface area contributed by atoms with Gasteiger partial charge in [-0.1, -0.05) is 43.2 Å². The molecule has 0 bridgehead atoms. The second kappa shape index (κ2) is 13.7. The average Bonchev–Trinajstić information content (AvgIpc) is 3.28. The lowest BCUT2D eigenvalue weighted by molar-refractivity contribution is -0.127. The molecule has 2 aromatic heterocycles. The number of nitrogens with one attached hydrogen (secondary N) is 2. The van der Waals surface area contributed by atoms with Crippen molar-refractivity contribution in [1.29, 1.82) is 0 Å². The Balaban J connectivity index is 1.52. The fourth-order valence-corrected chi connectivity index (χ4v) is 4.33. The van der Waals surface area contributed by atoms with Crippen molar-refractivity contribution in [3.05, 3.63) is 59.7 Å². The molecule has 0 unspecified atom stereocenters. The number of carbonyl (C=O) groups excluding carboxylic acids is 1. The van der Waals surface area contributed by atoms with E-state index in [1.165, 1.54) is 23.5 Å². The van der Waals surface area contributed by atoms with E-state index in [2.05, 4.69) is 38.0 Å². The second-order valence-corrected chi connectivity index (χ2v) is 8.86. The van der Waals surface area contributed by atoms with Gasteiger partial charge in [0.05, 0.1) is 5.69 Å². The van der Waals surface area contributed by atoms with Crippen LogP contribution in [0, 0.1) is 5.82 Å². The first kappa shape index (κ1) is 25.6. The Morgan fingerprint density at radius 1 is 1.06 bits per heavy atom. The summed E-state index contributed by atoms with van der Waals surface area (Å²) in [6.45, 7) is 4.30. The number of ether oxygens (including phenoxy) is 1. The average molecular weight is 487 g/mol. The normalized spacial score (nSPS) is 12.8. The first-order valence-corrected chi connectivity index (χ1v) is 12.4. The summed E-state index contributed by atoms with van der Waals surface area (Å²) in [7, 11) is 0. The maximum Gasteiger partial charge on any atom is 0.259 e. The first-order valence-electron chi connectivity index (χ1n) is 11.6. The Bertz CT molecular complexity index is 1000. The van der Waals surface area contributed by atoms with Crippen LogP contribution in [0.4, 0.5) is 14.7 Å². The summed E-state index contributed by atoms with van der Waals surface area (Å²) in [4.78, 5) is 12.8. The van der Waals surface area contributed by atoms with Gasteiger partial charge < -0.3 is 10.1 Å². The van der Waals surface area contributed by atoms with Crippen LogP contribution in [0.1, 0.15) is 63.3 Å². The SMILES string of the molecule is CCC[C@H](CCCCc1cccnn1)Nc1nnc(NC(=O)[C@@H](OCC)c2ccc(F)cc2)s1. The number of rotatable bonds is 14. The predicted octanol–water partition coefficient (Wildman–Crippen LogP) is 5.18. The highest BCUT2D eigenvalue weighted by molar-refractivity contribution is 7.19. The van der Waals surface area contributed by atoms with E-state index < -0.39 is 6.10 Å². The molecule has 10 heteroatoms. The number of nitrogens with zero attached hydrogens (tertiary/aromatic N) is 4. The maximum absolute atomic E-state index is 13.3. The Morgan fingerprint density at radius 3 is 2.56 bits per heavy atom. The van der Waals surface area contributed by atoms with Gasteiger partial charge in [0, 0.05) is 18.8 Å². The van der Waals surface area contributed by atoms with Crippen molar-refractivity contribution >= 4 is 27.5 Å². The zero-order chi connectivity index (χ0) is 24.2. The minimum Gasteiger partial charge on any atom is -0.364 e. The van der Waals surface area contributed by atoms with Gasteiger partial charge in [0.25, 0.3) is 5.91 Å². The van der Waals surface area contributed by atoms with Gasteiger partial charge in [-0.3, -0.25) is 10.1 Å². The number of carbonyl (C=O) groups is 1. The molecular weight excluding hydrogens is 455 g/mol. The number of anilines is 2. The van der Waals surface area contributed by atoms with Crippen LogP contribution < -0.4 is 10.6 Å². The topological polar surface area (TPSA) is 102 Å². The van der Waals surface area contributed by atoms with E-state index in [-0.39, 0.29) is 17.8 Å². The van der Waals surface area contributed by atoms with Crippen molar-refractivity contribution in [2.75, 3.05) is 17.2 Å². The van der Waals surface area contributed by atoms with E-state index >= 15 is 0 Å². The zero-order valence-corrected chi connectivity index (χ0v) is 20.4. The molecule has 2 N–H and O–H groups in total. The van der Waals surface area contributed by atoms with Gasteiger partial charge in [-0.25, -0.2) is 4.39 Å². The van der Waals surface area contributed by atoms with Gasteiger partial charge >= 0.3 is 0 Å². The van der Waals surface area contributed by atoms with E-state index in [1.807, 2.05) is 12.1 Å². The molecule has 3 rings (SSSR count). The molecule has 0 spiro atoms. The highest BCUT2D eigenvalue weighted by Crippen LogP contribution is 2.25. The molecule has 0 aliphatic rings. The van der Waals surface area contributed by atoms with Crippen LogP contribution in [-0.4, -0.2) is 39.0 Å². The fourth-order valence-electron chi connectivity index (χ4n) is 3.61. The number of unbranched alkanes of at least 4 members (excludes halogenated alkanes) is 1. The Labute approximate surface area is 203 Å². The highest BCUT2D eigenvalue weighted by Gasteiger charge is 2.23. The third-order valence-corrected chi connectivity index (χ3v) is 6.00. The summed E-state index contributed by atoms with van der Waals surface area (Å²) < 4.78 is 18.8. The van der Waals surface area contributed by atoms with Crippen LogP contribution in [0.2, 0.25) is 0 Å². The van der Waals surface area contributed by atoms with Crippen molar-refractivity contribution in [2.24, 2.45) is 0 Å². The minimum absolute atomic E-state index is 0.277. The molecule has 182 valence electrons. The highest BCUT2D eigenvalue weighted by atomic mass is 32.1. The van der Waals surface area contributed by atoms with Crippen LogP contribution in [0.15, 0.2) is 42.6 Å². The molecule has 1 aromatic carbocycles. The lowest BCUT2D eigenvalue weighted by Gasteiger charge is -2.17. The van der Waals surface area contributed by atoms with Crippen molar-refractivity contribution < 1.29 is 13.9 Å². The van der Waals surface area contributed by atoms with Crippen LogP contribution in [-0.2, 0) is 16.0 Å². The van der Waals surface area contributed by atoms with E-state index in [0.29, 0.717) is 22.4 Å². The van der Waals surface area contributed by atoms with Crippen molar-refractivity contribution in [3.63, 3.8) is 0 Å². The third kappa shape index (κ3) is 8.11.